The molecule has 8 heteroatoms. The van der Waals surface area contributed by atoms with Crippen LogP contribution >= 0.6 is 0 Å². The number of carbonyl (C=O) groups excluding carboxylic acids is 2. The highest BCUT2D eigenvalue weighted by molar-refractivity contribution is 5.85. The molecule has 0 radical (unpaired) electrons. The Morgan fingerprint density at radius 2 is 2.00 bits per heavy atom. The van der Waals surface area contributed by atoms with E-state index in [4.69, 9.17) is 0 Å². The molecule has 0 spiro atoms. The summed E-state index contributed by atoms with van der Waals surface area (Å²) in [6.45, 7) is 0.792. The molecule has 2 N–H and O–H groups in total. The number of amides is 2. The van der Waals surface area contributed by atoms with E-state index in [0.717, 1.165) is 0 Å². The van der Waals surface area contributed by atoms with Gasteiger partial charge >= 0.3 is 6.18 Å². The first-order valence-electron chi connectivity index (χ1n) is 5.95. The number of halogens is 3. The fourth-order valence-electron chi connectivity index (χ4n) is 2.08. The second kappa shape index (κ2) is 5.77. The predicted octanol–water partition coefficient (Wildman–Crippen LogP) is 0.123. The molecule has 0 aromatic carbocycles. The molecule has 1 unspecified atom stereocenters. The summed E-state index contributed by atoms with van der Waals surface area (Å²) in [5.74, 6) is -0.581. The third-order valence-corrected chi connectivity index (χ3v) is 3.20. The predicted molar refractivity (Wildman–Crippen MR) is 62.3 cm³/mol. The summed E-state index contributed by atoms with van der Waals surface area (Å²) in [7, 11) is 1.52. The first-order valence-corrected chi connectivity index (χ1v) is 5.95. The van der Waals surface area contributed by atoms with Gasteiger partial charge in [0, 0.05) is 20.1 Å². The fraction of sp³-hybridized carbons (Fsp3) is 0.818. The molecule has 0 aromatic heterocycles. The second-order valence-corrected chi connectivity index (χ2v) is 4.92. The molecule has 0 aromatic rings. The normalized spacial score (nSPS) is 23.5. The van der Waals surface area contributed by atoms with Crippen molar-refractivity contribution in [3.63, 3.8) is 0 Å². The van der Waals surface area contributed by atoms with Gasteiger partial charge in [0.2, 0.25) is 11.8 Å². The van der Waals surface area contributed by atoms with Crippen LogP contribution in [0, 0.1) is 5.41 Å². The lowest BCUT2D eigenvalue weighted by molar-refractivity contribution is -0.134. The van der Waals surface area contributed by atoms with E-state index < -0.39 is 24.0 Å². The van der Waals surface area contributed by atoms with Crippen LogP contribution in [0.25, 0.3) is 0 Å². The number of likely N-dealkylation sites (tertiary alicyclic amines) is 1. The molecule has 2 amide bonds. The molecule has 0 aliphatic carbocycles. The highest BCUT2D eigenvalue weighted by Gasteiger charge is 2.41. The van der Waals surface area contributed by atoms with Crippen LogP contribution in [-0.2, 0) is 9.59 Å². The van der Waals surface area contributed by atoms with E-state index >= 15 is 0 Å². The molecule has 1 aliphatic rings. The van der Waals surface area contributed by atoms with Gasteiger partial charge in [-0.15, -0.1) is 0 Å². The van der Waals surface area contributed by atoms with E-state index in [-0.39, 0.29) is 19.0 Å². The van der Waals surface area contributed by atoms with E-state index in [0.29, 0.717) is 13.0 Å². The highest BCUT2D eigenvalue weighted by atomic mass is 19.4. The van der Waals surface area contributed by atoms with E-state index in [1.807, 2.05) is 0 Å². The largest absolute Gasteiger partial charge is 0.401 e. The number of alkyl halides is 3. The Morgan fingerprint density at radius 1 is 1.37 bits per heavy atom. The summed E-state index contributed by atoms with van der Waals surface area (Å²) in [6, 6.07) is 0. The van der Waals surface area contributed by atoms with Crippen LogP contribution in [0.15, 0.2) is 0 Å². The topological polar surface area (TPSA) is 61.4 Å². The average Bonchev–Trinajstić information content (AvgIpc) is 2.70. The zero-order valence-electron chi connectivity index (χ0n) is 10.9. The maximum atomic E-state index is 11.9. The molecule has 1 aliphatic heterocycles. The standard InChI is InChI=1S/C11H18F3N3O2/c1-10(9(19)15-2)3-4-17(7-10)8(18)5-16-6-11(12,13)14/h16H,3-7H2,1-2H3,(H,15,19). The van der Waals surface area contributed by atoms with Crippen molar-refractivity contribution < 1.29 is 22.8 Å². The minimum absolute atomic E-state index is 0.161. The molecular formula is C11H18F3N3O2. The van der Waals surface area contributed by atoms with Crippen LogP contribution in [0.5, 0.6) is 0 Å². The molecule has 1 atom stereocenters. The zero-order chi connectivity index (χ0) is 14.7. The Bertz CT molecular complexity index is 360. The summed E-state index contributed by atoms with van der Waals surface area (Å²) in [4.78, 5) is 24.7. The average molecular weight is 281 g/mol. The quantitative estimate of drug-likeness (QED) is 0.769. The lowest BCUT2D eigenvalue weighted by Gasteiger charge is -2.22. The lowest BCUT2D eigenvalue weighted by atomic mass is 9.89. The number of hydrogen-bond donors (Lipinski definition) is 2. The van der Waals surface area contributed by atoms with Gasteiger partial charge in [0.25, 0.3) is 0 Å². The van der Waals surface area contributed by atoms with E-state index in [9.17, 15) is 22.8 Å². The van der Waals surface area contributed by atoms with Crippen molar-refractivity contribution in [1.82, 2.24) is 15.5 Å². The van der Waals surface area contributed by atoms with Gasteiger partial charge in [0.1, 0.15) is 0 Å². The molecule has 19 heavy (non-hydrogen) atoms. The SMILES string of the molecule is CNC(=O)C1(C)CCN(C(=O)CNCC(F)(F)F)C1. The first-order chi connectivity index (χ1) is 8.68. The van der Waals surface area contributed by atoms with Crippen molar-refractivity contribution in [2.45, 2.75) is 19.5 Å². The molecule has 110 valence electrons. The van der Waals surface area contributed by atoms with Gasteiger partial charge in [-0.1, -0.05) is 0 Å². The number of nitrogens with one attached hydrogen (secondary N) is 2. The first kappa shape index (κ1) is 15.7. The van der Waals surface area contributed by atoms with Gasteiger partial charge in [0.05, 0.1) is 18.5 Å². The van der Waals surface area contributed by atoms with Crippen LogP contribution in [-0.4, -0.2) is 56.1 Å². The third-order valence-electron chi connectivity index (χ3n) is 3.20. The zero-order valence-corrected chi connectivity index (χ0v) is 10.9. The summed E-state index contributed by atoms with van der Waals surface area (Å²) in [5, 5.41) is 4.58. The van der Waals surface area contributed by atoms with Gasteiger partial charge in [-0.3, -0.25) is 9.59 Å². The minimum atomic E-state index is -4.33. The maximum absolute atomic E-state index is 11.9. The molecule has 1 fully saturated rings. The summed E-state index contributed by atoms with van der Waals surface area (Å²) in [6.07, 6.45) is -3.82. The lowest BCUT2D eigenvalue weighted by Crippen LogP contribution is -2.43. The number of carbonyl (C=O) groups is 2. The summed E-state index contributed by atoms with van der Waals surface area (Å²) < 4.78 is 35.8. The van der Waals surface area contributed by atoms with Crippen LogP contribution in [0.3, 0.4) is 0 Å². The van der Waals surface area contributed by atoms with Gasteiger partial charge < -0.3 is 15.5 Å². The van der Waals surface area contributed by atoms with Gasteiger partial charge in [0.15, 0.2) is 0 Å². The van der Waals surface area contributed by atoms with Gasteiger partial charge in [-0.05, 0) is 13.3 Å². The Morgan fingerprint density at radius 3 is 2.53 bits per heavy atom. The Balaban J connectivity index is 2.42. The maximum Gasteiger partial charge on any atom is 0.401 e. The fourth-order valence-corrected chi connectivity index (χ4v) is 2.08. The van der Waals surface area contributed by atoms with Crippen molar-refractivity contribution in [3.8, 4) is 0 Å². The van der Waals surface area contributed by atoms with Crippen LogP contribution in [0.4, 0.5) is 13.2 Å². The molecule has 0 saturated carbocycles. The molecule has 1 saturated heterocycles. The minimum Gasteiger partial charge on any atom is -0.359 e. The van der Waals surface area contributed by atoms with E-state index in [1.54, 1.807) is 6.92 Å². The van der Waals surface area contributed by atoms with Crippen molar-refractivity contribution in [2.75, 3.05) is 33.2 Å². The van der Waals surface area contributed by atoms with Gasteiger partial charge in [-0.2, -0.15) is 13.2 Å². The van der Waals surface area contributed by atoms with Crippen LogP contribution < -0.4 is 10.6 Å². The van der Waals surface area contributed by atoms with Crippen molar-refractivity contribution in [2.24, 2.45) is 5.41 Å². The Labute approximate surface area is 109 Å². The Kier molecular flexibility index (Phi) is 4.78. The van der Waals surface area contributed by atoms with Gasteiger partial charge in [-0.25, -0.2) is 0 Å². The van der Waals surface area contributed by atoms with E-state index in [1.165, 1.54) is 11.9 Å². The molecule has 1 rings (SSSR count). The van der Waals surface area contributed by atoms with E-state index in [2.05, 4.69) is 10.6 Å². The van der Waals surface area contributed by atoms with Crippen molar-refractivity contribution in [3.05, 3.63) is 0 Å². The number of hydrogen-bond acceptors (Lipinski definition) is 3. The molecule has 5 nitrogen and oxygen atoms in total. The van der Waals surface area contributed by atoms with Crippen LogP contribution in [0.1, 0.15) is 13.3 Å². The second-order valence-electron chi connectivity index (χ2n) is 4.92. The van der Waals surface area contributed by atoms with Crippen LogP contribution in [0.2, 0.25) is 0 Å². The monoisotopic (exact) mass is 281 g/mol. The summed E-state index contributed by atoms with van der Waals surface area (Å²) >= 11 is 0. The molecule has 1 heterocycles. The molecule has 0 bridgehead atoms. The smallest absolute Gasteiger partial charge is 0.359 e. The van der Waals surface area contributed by atoms with Crippen molar-refractivity contribution in [1.29, 1.82) is 0 Å². The number of rotatable bonds is 4. The van der Waals surface area contributed by atoms with Crippen molar-refractivity contribution >= 4 is 11.8 Å². The third kappa shape index (κ3) is 4.38. The summed E-state index contributed by atoms with van der Waals surface area (Å²) in [5.41, 5.74) is -0.658. The highest BCUT2D eigenvalue weighted by Crippen LogP contribution is 2.29. The Hall–Kier alpha value is -1.31. The molecular weight excluding hydrogens is 263 g/mol. The number of nitrogens with zero attached hydrogens (tertiary/aromatic N) is 1.